The topological polar surface area (TPSA) is 130 Å². The maximum Gasteiger partial charge on any atom is 0.330 e. The van der Waals surface area contributed by atoms with E-state index in [1.807, 2.05) is 53.7 Å². The van der Waals surface area contributed by atoms with E-state index in [1.54, 1.807) is 6.08 Å². The molecule has 8 heteroatoms. The second-order valence-corrected chi connectivity index (χ2v) is 12.8. The average molecular weight is 563 g/mol. The summed E-state index contributed by atoms with van der Waals surface area (Å²) >= 11 is 0. The molecule has 41 heavy (non-hydrogen) atoms. The third-order valence-corrected chi connectivity index (χ3v) is 9.15. The Balaban J connectivity index is 1.81. The van der Waals surface area contributed by atoms with Crippen LogP contribution in [0, 0.1) is 11.8 Å². The zero-order valence-electron chi connectivity index (χ0n) is 24.7. The van der Waals surface area contributed by atoms with E-state index in [2.05, 4.69) is 0 Å². The highest BCUT2D eigenvalue weighted by molar-refractivity contribution is 6.18. The summed E-state index contributed by atoms with van der Waals surface area (Å²) in [6.45, 7) is 12.8. The zero-order valence-corrected chi connectivity index (χ0v) is 24.7. The van der Waals surface area contributed by atoms with Crippen LogP contribution in [0.25, 0.3) is 0 Å². The summed E-state index contributed by atoms with van der Waals surface area (Å²) in [6, 6.07) is 0. The van der Waals surface area contributed by atoms with E-state index in [-0.39, 0.29) is 64.6 Å². The molecule has 1 aromatic carbocycles. The highest BCUT2D eigenvalue weighted by Crippen LogP contribution is 2.68. The lowest BCUT2D eigenvalue weighted by Gasteiger charge is -2.56. The number of ketones is 2. The molecule has 218 valence electrons. The van der Waals surface area contributed by atoms with Crippen molar-refractivity contribution in [3.05, 3.63) is 63.3 Å². The van der Waals surface area contributed by atoms with E-state index in [0.29, 0.717) is 12.0 Å². The van der Waals surface area contributed by atoms with Gasteiger partial charge in [-0.3, -0.25) is 9.59 Å². The first-order chi connectivity index (χ1) is 19.1. The molecule has 5 aliphatic rings. The normalized spacial score (nSPS) is 28.9. The maximum atomic E-state index is 14.5. The number of aliphatic carboxylic acids is 1. The number of carbonyl (C=O) groups excluding carboxylic acids is 2. The Morgan fingerprint density at radius 1 is 0.976 bits per heavy atom. The average Bonchev–Trinajstić information content (AvgIpc) is 3.03. The van der Waals surface area contributed by atoms with Gasteiger partial charge in [0, 0.05) is 40.5 Å². The van der Waals surface area contributed by atoms with Gasteiger partial charge in [0.15, 0.2) is 22.8 Å². The monoisotopic (exact) mass is 562 g/mol. The number of rotatable bonds is 7. The van der Waals surface area contributed by atoms with Crippen molar-refractivity contribution in [3.8, 4) is 17.2 Å². The molecule has 0 radical (unpaired) electrons. The molecule has 8 nitrogen and oxygen atoms in total. The molecule has 0 amide bonds. The summed E-state index contributed by atoms with van der Waals surface area (Å²) in [5.41, 5.74) is -1.27. The minimum Gasteiger partial charge on any atom is -0.507 e. The van der Waals surface area contributed by atoms with Gasteiger partial charge in [-0.25, -0.2) is 4.79 Å². The molecule has 1 saturated heterocycles. The first kappa shape index (κ1) is 28.9. The van der Waals surface area contributed by atoms with Crippen LogP contribution in [0.4, 0.5) is 0 Å². The van der Waals surface area contributed by atoms with Gasteiger partial charge in [0.2, 0.25) is 0 Å². The minimum atomic E-state index is -1.65. The Kier molecular flexibility index (Phi) is 6.65. The second kappa shape index (κ2) is 9.44. The third kappa shape index (κ3) is 3.94. The largest absolute Gasteiger partial charge is 0.507 e. The number of aromatic hydroxyl groups is 2. The molecular weight excluding hydrogens is 524 g/mol. The maximum absolute atomic E-state index is 14.5. The molecule has 3 aliphatic carbocycles. The predicted molar refractivity (Wildman–Crippen MR) is 152 cm³/mol. The van der Waals surface area contributed by atoms with Gasteiger partial charge < -0.3 is 24.8 Å². The molecule has 1 saturated carbocycles. The number of hydrogen-bond acceptors (Lipinski definition) is 7. The van der Waals surface area contributed by atoms with E-state index < -0.39 is 40.4 Å². The molecule has 1 spiro atoms. The van der Waals surface area contributed by atoms with E-state index in [1.165, 1.54) is 13.0 Å². The lowest BCUT2D eigenvalue weighted by atomic mass is 9.51. The van der Waals surface area contributed by atoms with Crippen molar-refractivity contribution < 1.29 is 39.2 Å². The fourth-order valence-electron chi connectivity index (χ4n) is 7.14. The van der Waals surface area contributed by atoms with E-state index in [0.717, 1.165) is 11.1 Å². The molecule has 1 unspecified atom stereocenters. The minimum absolute atomic E-state index is 0.0291. The van der Waals surface area contributed by atoms with Crippen molar-refractivity contribution in [3.63, 3.8) is 0 Å². The van der Waals surface area contributed by atoms with Gasteiger partial charge in [-0.05, 0) is 67.7 Å². The summed E-state index contributed by atoms with van der Waals surface area (Å²) in [7, 11) is 0. The third-order valence-electron chi connectivity index (χ3n) is 9.15. The number of fused-ring (bicyclic) bond motifs is 1. The van der Waals surface area contributed by atoms with Crippen LogP contribution >= 0.6 is 0 Å². The molecule has 6 rings (SSSR count). The van der Waals surface area contributed by atoms with Crippen LogP contribution in [0.5, 0.6) is 17.2 Å². The first-order valence-electron chi connectivity index (χ1n) is 14.1. The molecule has 2 aliphatic heterocycles. The number of carboxylic acids is 1. The van der Waals surface area contributed by atoms with Crippen LogP contribution in [-0.2, 0) is 27.2 Å². The lowest BCUT2D eigenvalue weighted by Crippen LogP contribution is -2.72. The highest BCUT2D eigenvalue weighted by atomic mass is 16.6. The van der Waals surface area contributed by atoms with E-state index in [4.69, 9.17) is 9.47 Å². The second-order valence-electron chi connectivity index (χ2n) is 12.8. The van der Waals surface area contributed by atoms with Crippen LogP contribution in [0.15, 0.2) is 46.6 Å². The Labute approximate surface area is 240 Å². The Bertz CT molecular complexity index is 1510. The van der Waals surface area contributed by atoms with Gasteiger partial charge in [0.25, 0.3) is 0 Å². The molecule has 4 atom stereocenters. The van der Waals surface area contributed by atoms with Crippen molar-refractivity contribution in [2.24, 2.45) is 11.8 Å². The van der Waals surface area contributed by atoms with E-state index in [9.17, 15) is 29.7 Å². The number of ether oxygens (including phenoxy) is 2. The van der Waals surface area contributed by atoms with Crippen molar-refractivity contribution in [2.45, 2.75) is 91.0 Å². The Morgan fingerprint density at radius 2 is 1.59 bits per heavy atom. The van der Waals surface area contributed by atoms with Crippen LogP contribution in [0.1, 0.15) is 82.8 Å². The van der Waals surface area contributed by atoms with Gasteiger partial charge in [-0.15, -0.1) is 0 Å². The van der Waals surface area contributed by atoms with Crippen LogP contribution in [0.2, 0.25) is 0 Å². The number of Topliss-reactive ketones (excluding diaryl/α,β-unsaturated/α-hetero) is 2. The number of benzene rings is 1. The van der Waals surface area contributed by atoms with Crippen LogP contribution in [-0.4, -0.2) is 49.7 Å². The summed E-state index contributed by atoms with van der Waals surface area (Å²) in [5.74, 6) is -3.32. The lowest BCUT2D eigenvalue weighted by molar-refractivity contribution is -0.171. The van der Waals surface area contributed by atoms with Crippen LogP contribution < -0.4 is 4.74 Å². The highest BCUT2D eigenvalue weighted by Gasteiger charge is 2.81. The number of allylic oxidation sites excluding steroid dienone is 5. The molecular formula is C33H38O8. The first-order valence-corrected chi connectivity index (χ1v) is 14.1. The summed E-state index contributed by atoms with van der Waals surface area (Å²) < 4.78 is 13.5. The van der Waals surface area contributed by atoms with Crippen LogP contribution in [0.3, 0.4) is 0 Å². The van der Waals surface area contributed by atoms with Crippen molar-refractivity contribution in [2.75, 3.05) is 0 Å². The van der Waals surface area contributed by atoms with Gasteiger partial charge >= 0.3 is 5.97 Å². The van der Waals surface area contributed by atoms with Gasteiger partial charge in [0.05, 0.1) is 5.60 Å². The van der Waals surface area contributed by atoms with Crippen molar-refractivity contribution in [1.29, 1.82) is 0 Å². The van der Waals surface area contributed by atoms with Crippen molar-refractivity contribution in [1.82, 2.24) is 0 Å². The smallest absolute Gasteiger partial charge is 0.330 e. The van der Waals surface area contributed by atoms with Gasteiger partial charge in [-0.2, -0.15) is 0 Å². The molecule has 1 aromatic rings. The summed E-state index contributed by atoms with van der Waals surface area (Å²) in [5, 5.41) is 32.5. The molecule has 2 fully saturated rings. The number of hydrogen-bond donors (Lipinski definition) is 3. The SMILES string of the molecule is CC(C)=CCc1c(O)c(CC=C(C)C)c2c(c1O)C(=O)C1=C[C@@H]3CC4C(C)(C)O[C@@](C/C=C(\C)C(=O)O)(C3=O)[C@@]14O2. The number of phenolic OH excluding ortho intramolecular Hbond substituents is 2. The molecule has 0 aromatic heterocycles. The molecule has 4 bridgehead atoms. The summed E-state index contributed by atoms with van der Waals surface area (Å²) in [4.78, 5) is 40.2. The number of carbonyl (C=O) groups is 3. The zero-order chi connectivity index (χ0) is 30.2. The fraction of sp³-hybridized carbons (Fsp3) is 0.485. The van der Waals surface area contributed by atoms with E-state index >= 15 is 0 Å². The Hall–Kier alpha value is -3.65. The quantitative estimate of drug-likeness (QED) is 0.292. The number of carboxylic acid groups (broad SMARTS) is 1. The van der Waals surface area contributed by atoms with Gasteiger partial charge in [0.1, 0.15) is 22.8 Å². The summed E-state index contributed by atoms with van der Waals surface area (Å²) in [6.07, 6.45) is 7.63. The molecule has 2 heterocycles. The van der Waals surface area contributed by atoms with Gasteiger partial charge in [-0.1, -0.05) is 35.5 Å². The van der Waals surface area contributed by atoms with Crippen molar-refractivity contribution >= 4 is 17.5 Å². The predicted octanol–water partition coefficient (Wildman–Crippen LogP) is 5.54. The Morgan fingerprint density at radius 3 is 2.17 bits per heavy atom. The molecule has 3 N–H and O–H groups in total. The number of phenols is 2. The standard InChI is InChI=1S/C33H38O8/c1-16(2)8-10-20-25(34)21(11-9-17(3)4)28-24(26(20)35)27(36)22-14-19-15-23-31(6,7)41-32(29(19)37,33(22,23)40-28)13-12-18(5)30(38)39/h8-9,12,14,19,23,34-35H,10-11,13,15H2,1-7H3,(H,38,39)/b18-12+/t19-,23?,32+,33-/m1/s1. The fourth-order valence-corrected chi connectivity index (χ4v) is 7.14.